The van der Waals surface area contributed by atoms with Gasteiger partial charge in [-0.1, -0.05) is 0 Å². The lowest BCUT2D eigenvalue weighted by molar-refractivity contribution is -0.384. The van der Waals surface area contributed by atoms with E-state index < -0.39 is 17.0 Å². The molecule has 2 heterocycles. The molecule has 0 saturated carbocycles. The van der Waals surface area contributed by atoms with Gasteiger partial charge in [0.1, 0.15) is 0 Å². The molecule has 1 atom stereocenters. The van der Waals surface area contributed by atoms with Crippen LogP contribution in [0.25, 0.3) is 0 Å². The number of ether oxygens (including phenoxy) is 1. The number of nitro groups is 1. The van der Waals surface area contributed by atoms with Crippen molar-refractivity contribution < 1.29 is 19.6 Å². The maximum absolute atomic E-state index is 11.3. The lowest BCUT2D eigenvalue weighted by atomic mass is 9.91. The SMILES string of the molecule is COC(=O)C(O)C1CCN(c2ncccc2[N+](=O)[O-])CC1. The highest BCUT2D eigenvalue weighted by atomic mass is 16.6. The van der Waals surface area contributed by atoms with Gasteiger partial charge in [-0.25, -0.2) is 9.78 Å². The summed E-state index contributed by atoms with van der Waals surface area (Å²) in [6.45, 7) is 0.993. The molecule has 1 aromatic heterocycles. The van der Waals surface area contributed by atoms with Gasteiger partial charge in [0.25, 0.3) is 0 Å². The summed E-state index contributed by atoms with van der Waals surface area (Å²) in [6.07, 6.45) is 1.46. The number of methoxy groups -OCH3 is 1. The van der Waals surface area contributed by atoms with Crippen molar-refractivity contribution in [2.75, 3.05) is 25.1 Å². The number of hydrogen-bond donors (Lipinski definition) is 1. The number of hydrogen-bond acceptors (Lipinski definition) is 7. The fourth-order valence-electron chi connectivity index (χ4n) is 2.51. The Kier molecular flexibility index (Phi) is 4.69. The molecule has 0 bridgehead atoms. The third-order valence-electron chi connectivity index (χ3n) is 3.69. The van der Waals surface area contributed by atoms with Gasteiger partial charge in [0.2, 0.25) is 5.82 Å². The molecule has 0 spiro atoms. The molecule has 114 valence electrons. The van der Waals surface area contributed by atoms with Gasteiger partial charge in [-0.05, 0) is 24.8 Å². The van der Waals surface area contributed by atoms with Crippen molar-refractivity contribution in [1.82, 2.24) is 4.98 Å². The zero-order valence-electron chi connectivity index (χ0n) is 11.6. The van der Waals surface area contributed by atoms with Gasteiger partial charge in [-0.3, -0.25) is 10.1 Å². The third-order valence-corrected chi connectivity index (χ3v) is 3.69. The molecule has 1 saturated heterocycles. The first-order valence-corrected chi connectivity index (χ1v) is 6.65. The molecule has 1 aromatic rings. The minimum absolute atomic E-state index is 0.0375. The van der Waals surface area contributed by atoms with E-state index in [0.717, 1.165) is 0 Å². The van der Waals surface area contributed by atoms with Crippen molar-refractivity contribution in [2.24, 2.45) is 5.92 Å². The van der Waals surface area contributed by atoms with Crippen LogP contribution in [0.1, 0.15) is 12.8 Å². The molecule has 1 N–H and O–H groups in total. The summed E-state index contributed by atoms with van der Waals surface area (Å²) in [7, 11) is 1.23. The van der Waals surface area contributed by atoms with Crippen LogP contribution in [-0.2, 0) is 9.53 Å². The first kappa shape index (κ1) is 15.2. The second-order valence-corrected chi connectivity index (χ2v) is 4.90. The molecule has 0 aromatic carbocycles. The molecule has 8 nitrogen and oxygen atoms in total. The van der Waals surface area contributed by atoms with Crippen molar-refractivity contribution in [1.29, 1.82) is 0 Å². The number of rotatable bonds is 4. The highest BCUT2D eigenvalue weighted by Crippen LogP contribution is 2.30. The summed E-state index contributed by atoms with van der Waals surface area (Å²) in [4.78, 5) is 27.7. The van der Waals surface area contributed by atoms with Crippen LogP contribution in [0.5, 0.6) is 0 Å². The number of aliphatic hydroxyl groups excluding tert-OH is 1. The summed E-state index contributed by atoms with van der Waals surface area (Å²) in [6, 6.07) is 2.94. The van der Waals surface area contributed by atoms with E-state index in [2.05, 4.69) is 9.72 Å². The zero-order chi connectivity index (χ0) is 15.4. The number of esters is 1. The lowest BCUT2D eigenvalue weighted by Gasteiger charge is -2.33. The predicted molar refractivity (Wildman–Crippen MR) is 73.9 cm³/mol. The van der Waals surface area contributed by atoms with Crippen molar-refractivity contribution >= 4 is 17.5 Å². The van der Waals surface area contributed by atoms with Gasteiger partial charge in [0.15, 0.2) is 6.10 Å². The molecule has 2 rings (SSSR count). The Hall–Kier alpha value is -2.22. The van der Waals surface area contributed by atoms with Crippen LogP contribution in [0, 0.1) is 16.0 Å². The Morgan fingerprint density at radius 1 is 1.57 bits per heavy atom. The molecule has 1 fully saturated rings. The van der Waals surface area contributed by atoms with E-state index >= 15 is 0 Å². The maximum Gasteiger partial charge on any atom is 0.334 e. The standard InChI is InChI=1S/C13H17N3O5/c1-21-13(18)11(17)9-4-7-15(8-5-9)12-10(16(19)20)3-2-6-14-12/h2-3,6,9,11,17H,4-5,7-8H2,1H3. The first-order valence-electron chi connectivity index (χ1n) is 6.65. The van der Waals surface area contributed by atoms with E-state index in [1.54, 1.807) is 4.90 Å². The van der Waals surface area contributed by atoms with E-state index in [1.807, 2.05) is 0 Å². The average Bonchev–Trinajstić information content (AvgIpc) is 2.53. The Balaban J connectivity index is 2.05. The number of aliphatic hydroxyl groups is 1. The summed E-state index contributed by atoms with van der Waals surface area (Å²) >= 11 is 0. The molecular weight excluding hydrogens is 278 g/mol. The number of piperidine rings is 1. The van der Waals surface area contributed by atoms with E-state index in [9.17, 15) is 20.0 Å². The van der Waals surface area contributed by atoms with Crippen LogP contribution in [0.15, 0.2) is 18.3 Å². The van der Waals surface area contributed by atoms with Gasteiger partial charge in [0, 0.05) is 25.4 Å². The quantitative estimate of drug-likeness (QED) is 0.496. The molecule has 1 unspecified atom stereocenters. The molecular formula is C13H17N3O5. The fourth-order valence-corrected chi connectivity index (χ4v) is 2.51. The van der Waals surface area contributed by atoms with E-state index in [-0.39, 0.29) is 11.6 Å². The average molecular weight is 295 g/mol. The number of carbonyl (C=O) groups excluding carboxylic acids is 1. The largest absolute Gasteiger partial charge is 0.467 e. The summed E-state index contributed by atoms with van der Waals surface area (Å²) in [5.41, 5.74) is -0.0375. The van der Waals surface area contributed by atoms with Gasteiger partial charge >= 0.3 is 11.7 Å². The minimum Gasteiger partial charge on any atom is -0.467 e. The lowest BCUT2D eigenvalue weighted by Crippen LogP contribution is -2.41. The Morgan fingerprint density at radius 2 is 2.24 bits per heavy atom. The number of carbonyl (C=O) groups is 1. The first-order chi connectivity index (χ1) is 10.0. The number of anilines is 1. The highest BCUT2D eigenvalue weighted by molar-refractivity contribution is 5.74. The van der Waals surface area contributed by atoms with Crippen LogP contribution in [-0.4, -0.2) is 47.3 Å². The Morgan fingerprint density at radius 3 is 2.81 bits per heavy atom. The van der Waals surface area contributed by atoms with Crippen molar-refractivity contribution in [2.45, 2.75) is 18.9 Å². The van der Waals surface area contributed by atoms with Crippen LogP contribution in [0.2, 0.25) is 0 Å². The molecule has 0 radical (unpaired) electrons. The second kappa shape index (κ2) is 6.49. The topological polar surface area (TPSA) is 106 Å². The molecule has 1 aliphatic rings. The van der Waals surface area contributed by atoms with Crippen LogP contribution >= 0.6 is 0 Å². The molecule has 0 amide bonds. The van der Waals surface area contributed by atoms with Crippen LogP contribution in [0.3, 0.4) is 0 Å². The van der Waals surface area contributed by atoms with Gasteiger partial charge in [-0.15, -0.1) is 0 Å². The predicted octanol–water partition coefficient (Wildman–Crippen LogP) is 0.740. The van der Waals surface area contributed by atoms with Crippen molar-refractivity contribution in [3.8, 4) is 0 Å². The fraction of sp³-hybridized carbons (Fsp3) is 0.538. The second-order valence-electron chi connectivity index (χ2n) is 4.90. The zero-order valence-corrected chi connectivity index (χ0v) is 11.6. The minimum atomic E-state index is -1.14. The van der Waals surface area contributed by atoms with Gasteiger partial charge in [0.05, 0.1) is 12.0 Å². The molecule has 1 aliphatic heterocycles. The van der Waals surface area contributed by atoms with E-state index in [4.69, 9.17) is 0 Å². The van der Waals surface area contributed by atoms with Crippen LogP contribution < -0.4 is 4.90 Å². The Bertz CT molecular complexity index is 528. The highest BCUT2D eigenvalue weighted by Gasteiger charge is 2.32. The molecule has 0 aliphatic carbocycles. The number of aromatic nitrogens is 1. The molecule has 21 heavy (non-hydrogen) atoms. The van der Waals surface area contributed by atoms with Crippen LogP contribution in [0.4, 0.5) is 11.5 Å². The third kappa shape index (κ3) is 3.27. The maximum atomic E-state index is 11.3. The smallest absolute Gasteiger partial charge is 0.334 e. The number of nitrogens with zero attached hydrogens (tertiary/aromatic N) is 3. The molecule has 8 heteroatoms. The van der Waals surface area contributed by atoms with Gasteiger partial charge < -0.3 is 14.7 Å². The van der Waals surface area contributed by atoms with Gasteiger partial charge in [-0.2, -0.15) is 0 Å². The normalized spacial score (nSPS) is 17.3. The van der Waals surface area contributed by atoms with Crippen molar-refractivity contribution in [3.05, 3.63) is 28.4 Å². The Labute approximate surface area is 121 Å². The van der Waals surface area contributed by atoms with E-state index in [1.165, 1.54) is 25.4 Å². The summed E-state index contributed by atoms with van der Waals surface area (Å²) < 4.78 is 4.52. The number of pyridine rings is 1. The summed E-state index contributed by atoms with van der Waals surface area (Å²) in [5, 5.41) is 20.8. The summed E-state index contributed by atoms with van der Waals surface area (Å²) in [5.74, 6) is -0.512. The van der Waals surface area contributed by atoms with Crippen molar-refractivity contribution in [3.63, 3.8) is 0 Å². The monoisotopic (exact) mass is 295 g/mol. The van der Waals surface area contributed by atoms with E-state index in [0.29, 0.717) is 31.7 Å².